The molecule has 2 heterocycles. The van der Waals surface area contributed by atoms with E-state index in [1.54, 1.807) is 26.0 Å². The molecule has 1 aromatic carbocycles. The number of ether oxygens (including phenoxy) is 3. The number of hydrogen-bond acceptors (Lipinski definition) is 8. The lowest BCUT2D eigenvalue weighted by Crippen LogP contribution is -2.44. The van der Waals surface area contributed by atoms with Crippen molar-refractivity contribution < 1.29 is 33.3 Å². The predicted molar refractivity (Wildman–Crippen MR) is 164 cm³/mol. The summed E-state index contributed by atoms with van der Waals surface area (Å²) in [4.78, 5) is 11.9. The average molecular weight is 577 g/mol. The second kappa shape index (κ2) is 15.9. The molecule has 224 valence electrons. The Kier molecular flexibility index (Phi) is 12.3. The first-order valence-corrected chi connectivity index (χ1v) is 14.2. The average Bonchev–Trinajstić information content (AvgIpc) is 3.45. The molecule has 0 amide bonds. The summed E-state index contributed by atoms with van der Waals surface area (Å²) in [6.45, 7) is 9.02. The fourth-order valence-corrected chi connectivity index (χ4v) is 4.27. The topological polar surface area (TPSA) is 112 Å². The van der Waals surface area contributed by atoms with Crippen LogP contribution in [0.2, 0.25) is 0 Å². The molecular formula is C34H40O8. The molecule has 2 aromatic heterocycles. The summed E-state index contributed by atoms with van der Waals surface area (Å²) in [5.74, 6) is 11.5. The summed E-state index contributed by atoms with van der Waals surface area (Å²) in [5, 5.41) is 21.8. The smallest absolute Gasteiger partial charge is 0.336 e. The Morgan fingerprint density at radius 1 is 1.02 bits per heavy atom. The number of fused-ring (bicyclic) bond motifs is 2. The highest BCUT2D eigenvalue weighted by Crippen LogP contribution is 2.42. The molecule has 0 saturated carbocycles. The van der Waals surface area contributed by atoms with Crippen LogP contribution in [0.15, 0.2) is 62.9 Å². The number of unbranched alkanes of at least 4 members (excludes halogenated alkanes) is 5. The van der Waals surface area contributed by atoms with E-state index in [0.29, 0.717) is 27.9 Å². The lowest BCUT2D eigenvalue weighted by Gasteiger charge is -2.32. The van der Waals surface area contributed by atoms with Crippen LogP contribution in [0, 0.1) is 23.7 Å². The highest BCUT2D eigenvalue weighted by molar-refractivity contribution is 6.06. The first-order chi connectivity index (χ1) is 20.2. The molecule has 0 aliphatic rings. The molecule has 0 bridgehead atoms. The van der Waals surface area contributed by atoms with Crippen molar-refractivity contribution in [2.75, 3.05) is 13.7 Å². The first kappa shape index (κ1) is 32.6. The predicted octanol–water partition coefficient (Wildman–Crippen LogP) is 5.92. The van der Waals surface area contributed by atoms with E-state index in [4.69, 9.17) is 23.0 Å². The Bertz CT molecular complexity index is 1540. The van der Waals surface area contributed by atoms with Gasteiger partial charge in [0.05, 0.1) is 29.7 Å². The monoisotopic (exact) mass is 576 g/mol. The normalized spacial score (nSPS) is 13.7. The van der Waals surface area contributed by atoms with Crippen LogP contribution < -0.4 is 15.1 Å². The minimum absolute atomic E-state index is 0.157. The molecule has 0 saturated heterocycles. The zero-order valence-electron chi connectivity index (χ0n) is 24.8. The van der Waals surface area contributed by atoms with Gasteiger partial charge in [0, 0.05) is 6.07 Å². The van der Waals surface area contributed by atoms with Crippen molar-refractivity contribution in [1.82, 2.24) is 0 Å². The Balaban J connectivity index is 1.78. The van der Waals surface area contributed by atoms with Gasteiger partial charge in [-0.2, -0.15) is 0 Å². The fourth-order valence-electron chi connectivity index (χ4n) is 4.27. The maximum absolute atomic E-state index is 11.9. The summed E-state index contributed by atoms with van der Waals surface area (Å²) in [6, 6.07) is 4.54. The Morgan fingerprint density at radius 2 is 1.76 bits per heavy atom. The number of rotatable bonds is 15. The van der Waals surface area contributed by atoms with Gasteiger partial charge in [-0.15, -0.1) is 0 Å². The second-order valence-corrected chi connectivity index (χ2v) is 10.3. The van der Waals surface area contributed by atoms with E-state index in [1.807, 2.05) is 12.2 Å². The van der Waals surface area contributed by atoms with Gasteiger partial charge in [-0.25, -0.2) is 4.79 Å². The number of methoxy groups -OCH3 is 1. The fraction of sp³-hybridized carbons (Fsp3) is 0.441. The summed E-state index contributed by atoms with van der Waals surface area (Å²) in [5.41, 5.74) is -1.01. The van der Waals surface area contributed by atoms with Crippen molar-refractivity contribution in [2.24, 2.45) is 0 Å². The lowest BCUT2D eigenvalue weighted by molar-refractivity contribution is -0.119. The molecule has 0 aliphatic carbocycles. The zero-order valence-corrected chi connectivity index (χ0v) is 24.8. The van der Waals surface area contributed by atoms with E-state index >= 15 is 0 Å². The number of allylic oxidation sites excluding steroid dienone is 1. The van der Waals surface area contributed by atoms with Gasteiger partial charge < -0.3 is 33.3 Å². The number of benzene rings is 1. The number of aliphatic hydroxyl groups is 2. The Morgan fingerprint density at radius 3 is 2.50 bits per heavy atom. The molecule has 3 unspecified atom stereocenters. The summed E-state index contributed by atoms with van der Waals surface area (Å²) < 4.78 is 28.9. The molecule has 0 fully saturated rings. The van der Waals surface area contributed by atoms with Crippen LogP contribution in [-0.2, 0) is 4.74 Å². The van der Waals surface area contributed by atoms with E-state index in [0.717, 1.165) is 19.3 Å². The van der Waals surface area contributed by atoms with Gasteiger partial charge in [-0.1, -0.05) is 63.2 Å². The van der Waals surface area contributed by atoms with Crippen LogP contribution >= 0.6 is 0 Å². The largest absolute Gasteiger partial charge is 0.492 e. The Hall–Kier alpha value is -3.95. The van der Waals surface area contributed by atoms with E-state index in [1.165, 1.54) is 44.8 Å². The van der Waals surface area contributed by atoms with Crippen LogP contribution in [0.5, 0.6) is 11.5 Å². The van der Waals surface area contributed by atoms with Gasteiger partial charge in [-0.3, -0.25) is 0 Å². The van der Waals surface area contributed by atoms with Crippen molar-refractivity contribution in [1.29, 1.82) is 0 Å². The van der Waals surface area contributed by atoms with Gasteiger partial charge in [0.15, 0.2) is 22.7 Å². The van der Waals surface area contributed by atoms with Crippen molar-refractivity contribution in [2.45, 2.75) is 83.2 Å². The van der Waals surface area contributed by atoms with Crippen molar-refractivity contribution >= 4 is 21.9 Å². The SMILES string of the molecule is C=CC(O)C#CC#CC(/C=C\CCCCCCC)OC(C)(C)C(O)COc1c2ccc(=O)oc2c(OC)c2ccoc12. The number of aliphatic hydroxyl groups excluding tert-OH is 2. The van der Waals surface area contributed by atoms with E-state index in [9.17, 15) is 15.0 Å². The molecule has 3 atom stereocenters. The second-order valence-electron chi connectivity index (χ2n) is 10.3. The van der Waals surface area contributed by atoms with E-state index in [-0.39, 0.29) is 12.2 Å². The highest BCUT2D eigenvalue weighted by atomic mass is 16.5. The standard InChI is InChI=1S/C34H40O8/c1-6-8-9-10-11-12-13-17-25(18-15-14-16-24(35)7-2)42-34(3,4)28(36)23-40-32-26-19-20-29(37)41-33(26)30(38-5)27-21-22-39-31(27)32/h7,13,17,19-22,24-25,28,35-36H,2,6,8-12,23H2,1,3-5H3/b17-13-. The van der Waals surface area contributed by atoms with Crippen molar-refractivity contribution in [3.63, 3.8) is 0 Å². The van der Waals surface area contributed by atoms with Crippen molar-refractivity contribution in [3.05, 3.63) is 59.7 Å². The molecule has 0 aliphatic heterocycles. The van der Waals surface area contributed by atoms with Gasteiger partial charge >= 0.3 is 5.63 Å². The summed E-state index contributed by atoms with van der Waals surface area (Å²) >= 11 is 0. The van der Waals surface area contributed by atoms with Gasteiger partial charge in [0.1, 0.15) is 24.9 Å². The molecule has 8 nitrogen and oxygen atoms in total. The molecule has 3 rings (SSSR count). The molecule has 2 N–H and O–H groups in total. The minimum Gasteiger partial charge on any atom is -0.492 e. The van der Waals surface area contributed by atoms with Crippen LogP contribution in [0.3, 0.4) is 0 Å². The van der Waals surface area contributed by atoms with E-state index < -0.39 is 29.5 Å². The number of hydrogen-bond donors (Lipinski definition) is 2. The van der Waals surface area contributed by atoms with Crippen LogP contribution in [-0.4, -0.2) is 47.8 Å². The maximum Gasteiger partial charge on any atom is 0.336 e. The molecular weight excluding hydrogens is 536 g/mol. The molecule has 0 spiro atoms. The molecule has 0 radical (unpaired) electrons. The van der Waals surface area contributed by atoms with Crippen LogP contribution in [0.4, 0.5) is 0 Å². The third kappa shape index (κ3) is 8.77. The lowest BCUT2D eigenvalue weighted by atomic mass is 10.0. The quantitative estimate of drug-likeness (QED) is 0.0993. The van der Waals surface area contributed by atoms with Gasteiger partial charge in [-0.05, 0) is 56.7 Å². The van der Waals surface area contributed by atoms with Crippen LogP contribution in [0.25, 0.3) is 21.9 Å². The third-order valence-corrected chi connectivity index (χ3v) is 6.73. The van der Waals surface area contributed by atoms with Crippen LogP contribution in [0.1, 0.15) is 59.3 Å². The summed E-state index contributed by atoms with van der Waals surface area (Å²) in [6.07, 6.45) is 10.7. The van der Waals surface area contributed by atoms with E-state index in [2.05, 4.69) is 37.2 Å². The molecule has 3 aromatic rings. The molecule has 42 heavy (non-hydrogen) atoms. The molecule has 8 heteroatoms. The number of furan rings is 1. The third-order valence-electron chi connectivity index (χ3n) is 6.73. The van der Waals surface area contributed by atoms with Gasteiger partial charge in [0.2, 0.25) is 0 Å². The first-order valence-electron chi connectivity index (χ1n) is 14.2. The minimum atomic E-state index is -1.09. The highest BCUT2D eigenvalue weighted by Gasteiger charge is 2.32. The van der Waals surface area contributed by atoms with Gasteiger partial charge in [0.25, 0.3) is 0 Å². The Labute approximate surface area is 246 Å². The summed E-state index contributed by atoms with van der Waals surface area (Å²) in [7, 11) is 1.48. The van der Waals surface area contributed by atoms with Crippen molar-refractivity contribution in [3.8, 4) is 35.2 Å². The maximum atomic E-state index is 11.9. The zero-order chi connectivity index (χ0) is 30.5.